The third-order valence-corrected chi connectivity index (χ3v) is 5.90. The standard InChI is InChI=1S/C19H21Cl2F3N4O2/c1-11-9-26(6-7-27(11)13-4-5-14(20)15(8-13)30-3)16(29)10-28-12(2)17(21)18(25-28)19(22,23)24/h4-5,8,11H,6-7,9-10H2,1-3H3/t11-/m1/s1. The Kier molecular flexibility index (Phi) is 6.43. The molecule has 1 fully saturated rings. The molecule has 1 aliphatic heterocycles. The molecule has 0 bridgehead atoms. The Hall–Kier alpha value is -2.13. The molecule has 1 aliphatic rings. The first-order chi connectivity index (χ1) is 14.0. The summed E-state index contributed by atoms with van der Waals surface area (Å²) < 4.78 is 45.2. The third kappa shape index (κ3) is 4.46. The Morgan fingerprint density at radius 3 is 2.57 bits per heavy atom. The molecule has 0 N–H and O–H groups in total. The van der Waals surface area contributed by atoms with Gasteiger partial charge in [-0.1, -0.05) is 23.2 Å². The fourth-order valence-electron chi connectivity index (χ4n) is 3.48. The number of alkyl halides is 3. The van der Waals surface area contributed by atoms with Gasteiger partial charge in [0, 0.05) is 37.4 Å². The first-order valence-corrected chi connectivity index (χ1v) is 9.96. The molecule has 2 heterocycles. The maximum absolute atomic E-state index is 13.0. The summed E-state index contributed by atoms with van der Waals surface area (Å²) in [7, 11) is 1.54. The summed E-state index contributed by atoms with van der Waals surface area (Å²) in [5, 5.41) is 3.53. The van der Waals surface area contributed by atoms with Crippen LogP contribution in [0.3, 0.4) is 0 Å². The monoisotopic (exact) mass is 464 g/mol. The van der Waals surface area contributed by atoms with Crippen molar-refractivity contribution in [2.75, 3.05) is 31.6 Å². The molecule has 1 aromatic carbocycles. The minimum atomic E-state index is -4.67. The molecule has 30 heavy (non-hydrogen) atoms. The number of methoxy groups -OCH3 is 1. The van der Waals surface area contributed by atoms with E-state index in [0.717, 1.165) is 10.4 Å². The van der Waals surface area contributed by atoms with Crippen LogP contribution in [-0.4, -0.2) is 53.4 Å². The lowest BCUT2D eigenvalue weighted by Crippen LogP contribution is -2.54. The molecule has 0 saturated carbocycles. The first-order valence-electron chi connectivity index (χ1n) is 9.21. The number of hydrogen-bond donors (Lipinski definition) is 0. The normalized spacial score (nSPS) is 17.4. The van der Waals surface area contributed by atoms with Gasteiger partial charge < -0.3 is 14.5 Å². The Bertz CT molecular complexity index is 949. The zero-order chi connectivity index (χ0) is 22.2. The van der Waals surface area contributed by atoms with E-state index in [0.29, 0.717) is 30.4 Å². The number of benzene rings is 1. The Morgan fingerprint density at radius 2 is 2.00 bits per heavy atom. The lowest BCUT2D eigenvalue weighted by molar-refractivity contribution is -0.142. The highest BCUT2D eigenvalue weighted by Gasteiger charge is 2.38. The molecule has 0 unspecified atom stereocenters. The molecule has 0 aliphatic carbocycles. The topological polar surface area (TPSA) is 50.6 Å². The molecule has 1 aromatic heterocycles. The molecule has 1 atom stereocenters. The van der Waals surface area contributed by atoms with Crippen LogP contribution in [0.1, 0.15) is 18.3 Å². The number of carbonyl (C=O) groups is 1. The smallest absolute Gasteiger partial charge is 0.436 e. The zero-order valence-electron chi connectivity index (χ0n) is 16.6. The highest BCUT2D eigenvalue weighted by atomic mass is 35.5. The van der Waals surface area contributed by atoms with Crippen LogP contribution in [0.5, 0.6) is 5.75 Å². The summed E-state index contributed by atoms with van der Waals surface area (Å²) in [5.41, 5.74) is -0.151. The average Bonchev–Trinajstić information content (AvgIpc) is 2.97. The van der Waals surface area contributed by atoms with Crippen molar-refractivity contribution in [1.82, 2.24) is 14.7 Å². The molecule has 0 spiro atoms. The SMILES string of the molecule is COc1cc(N2CCN(C(=O)Cn3nc(C(F)(F)F)c(Cl)c3C)C[C@H]2C)ccc1Cl. The van der Waals surface area contributed by atoms with Gasteiger partial charge in [0.25, 0.3) is 0 Å². The van der Waals surface area contributed by atoms with Gasteiger partial charge in [-0.15, -0.1) is 0 Å². The van der Waals surface area contributed by atoms with E-state index in [2.05, 4.69) is 10.00 Å². The second kappa shape index (κ2) is 8.55. The van der Waals surface area contributed by atoms with Gasteiger partial charge in [-0.05, 0) is 26.0 Å². The van der Waals surface area contributed by atoms with Crippen molar-refractivity contribution in [3.63, 3.8) is 0 Å². The fraction of sp³-hybridized carbons (Fsp3) is 0.474. The third-order valence-electron chi connectivity index (χ3n) is 5.13. The van der Waals surface area contributed by atoms with E-state index in [1.54, 1.807) is 18.1 Å². The molecule has 6 nitrogen and oxygen atoms in total. The Morgan fingerprint density at radius 1 is 1.30 bits per heavy atom. The largest absolute Gasteiger partial charge is 0.495 e. The summed E-state index contributed by atoms with van der Waals surface area (Å²) in [6, 6.07) is 5.46. The second-order valence-corrected chi connectivity index (χ2v) is 7.89. The molecule has 2 aromatic rings. The van der Waals surface area contributed by atoms with Gasteiger partial charge in [0.1, 0.15) is 12.3 Å². The van der Waals surface area contributed by atoms with Gasteiger partial charge in [0.15, 0.2) is 5.69 Å². The van der Waals surface area contributed by atoms with Crippen molar-refractivity contribution in [3.05, 3.63) is 39.6 Å². The maximum atomic E-state index is 13.0. The van der Waals surface area contributed by atoms with E-state index in [4.69, 9.17) is 27.9 Å². The number of rotatable bonds is 4. The first kappa shape index (κ1) is 22.6. The van der Waals surface area contributed by atoms with Crippen molar-refractivity contribution < 1.29 is 22.7 Å². The van der Waals surface area contributed by atoms with Crippen LogP contribution in [0, 0.1) is 6.92 Å². The highest BCUT2D eigenvalue weighted by Crippen LogP contribution is 2.35. The molecule has 164 valence electrons. The summed E-state index contributed by atoms with van der Waals surface area (Å²) >= 11 is 11.8. The summed E-state index contributed by atoms with van der Waals surface area (Å²) in [4.78, 5) is 16.5. The van der Waals surface area contributed by atoms with Gasteiger partial charge in [-0.25, -0.2) is 0 Å². The Balaban J connectivity index is 1.69. The minimum Gasteiger partial charge on any atom is -0.495 e. The molecule has 11 heteroatoms. The van der Waals surface area contributed by atoms with Crippen molar-refractivity contribution in [2.24, 2.45) is 0 Å². The van der Waals surface area contributed by atoms with Crippen molar-refractivity contribution in [3.8, 4) is 5.75 Å². The summed E-state index contributed by atoms with van der Waals surface area (Å²) in [6.45, 7) is 4.48. The van der Waals surface area contributed by atoms with E-state index in [9.17, 15) is 18.0 Å². The minimum absolute atomic E-state index is 0.0124. The predicted octanol–water partition coefficient (Wildman–Crippen LogP) is 4.26. The van der Waals surface area contributed by atoms with Crippen LogP contribution in [-0.2, 0) is 17.5 Å². The van der Waals surface area contributed by atoms with Crippen molar-refractivity contribution >= 4 is 34.8 Å². The lowest BCUT2D eigenvalue weighted by atomic mass is 10.1. The molecule has 0 radical (unpaired) electrons. The van der Waals surface area contributed by atoms with Crippen LogP contribution in [0.15, 0.2) is 18.2 Å². The summed E-state index contributed by atoms with van der Waals surface area (Å²) in [5.74, 6) is 0.248. The molecule has 1 saturated heterocycles. The maximum Gasteiger partial charge on any atom is 0.436 e. The number of aromatic nitrogens is 2. The Labute approximate surface area is 182 Å². The number of anilines is 1. The van der Waals surface area contributed by atoms with E-state index < -0.39 is 16.9 Å². The lowest BCUT2D eigenvalue weighted by Gasteiger charge is -2.41. The van der Waals surface area contributed by atoms with Crippen molar-refractivity contribution in [2.45, 2.75) is 32.6 Å². The number of hydrogen-bond acceptors (Lipinski definition) is 4. The quantitative estimate of drug-likeness (QED) is 0.677. The van der Waals surface area contributed by atoms with Crippen LogP contribution >= 0.6 is 23.2 Å². The number of carbonyl (C=O) groups excluding carboxylic acids is 1. The highest BCUT2D eigenvalue weighted by molar-refractivity contribution is 6.32. The average molecular weight is 465 g/mol. The second-order valence-electron chi connectivity index (χ2n) is 7.10. The van der Waals surface area contributed by atoms with Crippen LogP contribution in [0.25, 0.3) is 0 Å². The number of ether oxygens (including phenoxy) is 1. The van der Waals surface area contributed by atoms with Crippen LogP contribution in [0.2, 0.25) is 10.0 Å². The van der Waals surface area contributed by atoms with Gasteiger partial charge >= 0.3 is 6.18 Å². The summed E-state index contributed by atoms with van der Waals surface area (Å²) in [6.07, 6.45) is -4.67. The van der Waals surface area contributed by atoms with E-state index in [-0.39, 0.29) is 24.2 Å². The number of amides is 1. The number of nitrogens with zero attached hydrogens (tertiary/aromatic N) is 4. The number of halogens is 5. The van der Waals surface area contributed by atoms with Crippen LogP contribution < -0.4 is 9.64 Å². The zero-order valence-corrected chi connectivity index (χ0v) is 18.1. The molecular formula is C19H21Cl2F3N4O2. The van der Waals surface area contributed by atoms with E-state index >= 15 is 0 Å². The van der Waals surface area contributed by atoms with Gasteiger partial charge in [-0.2, -0.15) is 18.3 Å². The van der Waals surface area contributed by atoms with Gasteiger partial charge in [-0.3, -0.25) is 9.48 Å². The molecular weight excluding hydrogens is 444 g/mol. The number of piperazine rings is 1. The van der Waals surface area contributed by atoms with Crippen LogP contribution in [0.4, 0.5) is 18.9 Å². The predicted molar refractivity (Wildman–Crippen MR) is 108 cm³/mol. The molecule has 1 amide bonds. The van der Waals surface area contributed by atoms with E-state index in [1.165, 1.54) is 6.92 Å². The molecule has 3 rings (SSSR count). The van der Waals surface area contributed by atoms with Crippen molar-refractivity contribution in [1.29, 1.82) is 0 Å². The van der Waals surface area contributed by atoms with Gasteiger partial charge in [0.05, 0.1) is 22.8 Å². The van der Waals surface area contributed by atoms with E-state index in [1.807, 2.05) is 19.1 Å². The van der Waals surface area contributed by atoms with Gasteiger partial charge in [0.2, 0.25) is 5.91 Å². The fourth-order valence-corrected chi connectivity index (χ4v) is 3.92.